The topological polar surface area (TPSA) is 27.0 Å². The van der Waals surface area contributed by atoms with Crippen molar-refractivity contribution in [1.29, 1.82) is 5.26 Å². The van der Waals surface area contributed by atoms with Gasteiger partial charge in [0.05, 0.1) is 17.7 Å². The van der Waals surface area contributed by atoms with Crippen LogP contribution in [0.5, 0.6) is 0 Å². The molecule has 2 nitrogen and oxygen atoms in total. The summed E-state index contributed by atoms with van der Waals surface area (Å²) in [5.41, 5.74) is 0.304. The highest BCUT2D eigenvalue weighted by atomic mass is 19.1. The van der Waals surface area contributed by atoms with Crippen LogP contribution in [0.2, 0.25) is 0 Å². The number of nitrogens with zero attached hydrogens (tertiary/aromatic N) is 2. The SMILES string of the molecule is CC(C#N)CN(C)c1ccc(F)cc1F. The standard InChI is InChI=1S/C11H12F2N2/c1-8(6-14)7-15(2)11-4-3-9(12)5-10(11)13/h3-5,8H,7H2,1-2H3. The molecular weight excluding hydrogens is 198 g/mol. The molecule has 0 aromatic heterocycles. The van der Waals surface area contributed by atoms with E-state index in [9.17, 15) is 8.78 Å². The molecule has 0 amide bonds. The molecule has 0 fully saturated rings. The van der Waals surface area contributed by atoms with Crippen molar-refractivity contribution in [2.75, 3.05) is 18.5 Å². The van der Waals surface area contributed by atoms with Crippen LogP contribution in [0.3, 0.4) is 0 Å². The first kappa shape index (κ1) is 11.4. The second-order valence-corrected chi connectivity index (χ2v) is 3.51. The molecule has 0 N–H and O–H groups in total. The van der Waals surface area contributed by atoms with E-state index in [1.165, 1.54) is 12.1 Å². The Morgan fingerprint density at radius 3 is 2.67 bits per heavy atom. The van der Waals surface area contributed by atoms with Crippen LogP contribution in [-0.2, 0) is 0 Å². The Kier molecular flexibility index (Phi) is 3.62. The molecule has 1 atom stereocenters. The van der Waals surface area contributed by atoms with Gasteiger partial charge in [0.25, 0.3) is 0 Å². The Balaban J connectivity index is 2.83. The van der Waals surface area contributed by atoms with Gasteiger partial charge in [0, 0.05) is 19.7 Å². The number of anilines is 1. The molecule has 0 aliphatic carbocycles. The summed E-state index contributed by atoms with van der Waals surface area (Å²) in [6, 6.07) is 5.46. The van der Waals surface area contributed by atoms with Crippen molar-refractivity contribution in [1.82, 2.24) is 0 Å². The summed E-state index contributed by atoms with van der Waals surface area (Å²) < 4.78 is 25.9. The zero-order valence-electron chi connectivity index (χ0n) is 8.67. The van der Waals surface area contributed by atoms with Crippen LogP contribution in [0.25, 0.3) is 0 Å². The lowest BCUT2D eigenvalue weighted by molar-refractivity contribution is 0.578. The smallest absolute Gasteiger partial charge is 0.149 e. The lowest BCUT2D eigenvalue weighted by Crippen LogP contribution is -2.24. The maximum Gasteiger partial charge on any atom is 0.149 e. The number of halogens is 2. The summed E-state index contributed by atoms with van der Waals surface area (Å²) in [7, 11) is 1.67. The van der Waals surface area contributed by atoms with Gasteiger partial charge in [-0.15, -0.1) is 0 Å². The third-order valence-corrected chi connectivity index (χ3v) is 2.09. The summed E-state index contributed by atoms with van der Waals surface area (Å²) in [4.78, 5) is 1.60. The van der Waals surface area contributed by atoms with Crippen LogP contribution in [-0.4, -0.2) is 13.6 Å². The lowest BCUT2D eigenvalue weighted by Gasteiger charge is -2.20. The van der Waals surface area contributed by atoms with Crippen molar-refractivity contribution >= 4 is 5.69 Å². The number of hydrogen-bond donors (Lipinski definition) is 0. The highest BCUT2D eigenvalue weighted by Crippen LogP contribution is 2.19. The highest BCUT2D eigenvalue weighted by molar-refractivity contribution is 5.47. The molecule has 1 aromatic carbocycles. The summed E-state index contributed by atoms with van der Waals surface area (Å²) in [6.45, 7) is 2.16. The van der Waals surface area contributed by atoms with E-state index in [0.29, 0.717) is 12.2 Å². The highest BCUT2D eigenvalue weighted by Gasteiger charge is 2.11. The molecule has 0 aliphatic rings. The fraction of sp³-hybridized carbons (Fsp3) is 0.364. The van der Waals surface area contributed by atoms with E-state index in [1.807, 2.05) is 0 Å². The van der Waals surface area contributed by atoms with Crippen molar-refractivity contribution in [2.24, 2.45) is 5.92 Å². The molecule has 15 heavy (non-hydrogen) atoms. The van der Waals surface area contributed by atoms with Crippen LogP contribution in [0.4, 0.5) is 14.5 Å². The Bertz CT molecular complexity index is 385. The molecule has 0 heterocycles. The first-order chi connectivity index (χ1) is 7.04. The van der Waals surface area contributed by atoms with E-state index in [2.05, 4.69) is 6.07 Å². The van der Waals surface area contributed by atoms with Gasteiger partial charge < -0.3 is 4.90 Å². The maximum absolute atomic E-state index is 13.3. The number of rotatable bonds is 3. The van der Waals surface area contributed by atoms with Crippen molar-refractivity contribution in [3.8, 4) is 6.07 Å². The van der Waals surface area contributed by atoms with Crippen molar-refractivity contribution < 1.29 is 8.78 Å². The monoisotopic (exact) mass is 210 g/mol. The summed E-state index contributed by atoms with van der Waals surface area (Å²) in [6.07, 6.45) is 0. The molecule has 1 unspecified atom stereocenters. The molecule has 0 aliphatic heterocycles. The van der Waals surface area contributed by atoms with Crippen molar-refractivity contribution in [3.05, 3.63) is 29.8 Å². The third-order valence-electron chi connectivity index (χ3n) is 2.09. The maximum atomic E-state index is 13.3. The predicted octanol–water partition coefficient (Wildman–Crippen LogP) is 2.56. The van der Waals surface area contributed by atoms with Gasteiger partial charge in [-0.2, -0.15) is 5.26 Å². The minimum absolute atomic E-state index is 0.195. The van der Waals surface area contributed by atoms with Gasteiger partial charge in [0.1, 0.15) is 11.6 Å². The lowest BCUT2D eigenvalue weighted by atomic mass is 10.2. The zero-order valence-corrected chi connectivity index (χ0v) is 8.67. The summed E-state index contributed by atoms with van der Waals surface area (Å²) >= 11 is 0. The van der Waals surface area contributed by atoms with Crippen LogP contribution >= 0.6 is 0 Å². The second-order valence-electron chi connectivity index (χ2n) is 3.51. The fourth-order valence-electron chi connectivity index (χ4n) is 1.34. The quantitative estimate of drug-likeness (QED) is 0.766. The Hall–Kier alpha value is -1.63. The first-order valence-electron chi connectivity index (χ1n) is 4.60. The molecule has 0 saturated heterocycles. The molecule has 0 spiro atoms. The number of benzene rings is 1. The van der Waals surface area contributed by atoms with Crippen LogP contribution in [0.15, 0.2) is 18.2 Å². The van der Waals surface area contributed by atoms with Crippen LogP contribution < -0.4 is 4.90 Å². The average molecular weight is 210 g/mol. The van der Waals surface area contributed by atoms with Gasteiger partial charge >= 0.3 is 0 Å². The normalized spacial score (nSPS) is 11.9. The van der Waals surface area contributed by atoms with E-state index < -0.39 is 11.6 Å². The minimum Gasteiger partial charge on any atom is -0.371 e. The van der Waals surface area contributed by atoms with E-state index >= 15 is 0 Å². The Morgan fingerprint density at radius 2 is 2.13 bits per heavy atom. The van der Waals surface area contributed by atoms with Crippen molar-refractivity contribution in [3.63, 3.8) is 0 Å². The second kappa shape index (κ2) is 4.74. The summed E-state index contributed by atoms with van der Waals surface area (Å²) in [5, 5.41) is 8.61. The largest absolute Gasteiger partial charge is 0.371 e. The molecule has 0 saturated carbocycles. The van der Waals surface area contributed by atoms with E-state index in [4.69, 9.17) is 5.26 Å². The molecular formula is C11H12F2N2. The average Bonchev–Trinajstić information content (AvgIpc) is 2.17. The van der Waals surface area contributed by atoms with E-state index in [1.54, 1.807) is 18.9 Å². The minimum atomic E-state index is -0.609. The molecule has 1 rings (SSSR count). The first-order valence-corrected chi connectivity index (χ1v) is 4.60. The molecule has 0 radical (unpaired) electrons. The van der Waals surface area contributed by atoms with Gasteiger partial charge in [-0.05, 0) is 19.1 Å². The molecule has 0 bridgehead atoms. The van der Waals surface area contributed by atoms with Gasteiger partial charge in [-0.25, -0.2) is 8.78 Å². The van der Waals surface area contributed by atoms with Gasteiger partial charge in [-0.3, -0.25) is 0 Å². The van der Waals surface area contributed by atoms with E-state index in [-0.39, 0.29) is 5.92 Å². The number of hydrogen-bond acceptors (Lipinski definition) is 2. The van der Waals surface area contributed by atoms with Crippen LogP contribution in [0, 0.1) is 28.9 Å². The molecule has 1 aromatic rings. The van der Waals surface area contributed by atoms with Gasteiger partial charge in [0.2, 0.25) is 0 Å². The molecule has 4 heteroatoms. The summed E-state index contributed by atoms with van der Waals surface area (Å²) in [5.74, 6) is -1.40. The van der Waals surface area contributed by atoms with Crippen LogP contribution in [0.1, 0.15) is 6.92 Å². The number of nitriles is 1. The molecule has 80 valence electrons. The Morgan fingerprint density at radius 1 is 1.47 bits per heavy atom. The van der Waals surface area contributed by atoms with Gasteiger partial charge in [0.15, 0.2) is 0 Å². The predicted molar refractivity (Wildman–Crippen MR) is 54.4 cm³/mol. The zero-order chi connectivity index (χ0) is 11.4. The fourth-order valence-corrected chi connectivity index (χ4v) is 1.34. The van der Waals surface area contributed by atoms with E-state index in [0.717, 1.165) is 6.07 Å². The van der Waals surface area contributed by atoms with Crippen molar-refractivity contribution in [2.45, 2.75) is 6.92 Å². The van der Waals surface area contributed by atoms with Gasteiger partial charge in [-0.1, -0.05) is 0 Å². The third kappa shape index (κ3) is 2.91. The Labute approximate surface area is 87.7 Å².